The molecule has 4 aliphatic carbocycles. The van der Waals surface area contributed by atoms with Crippen LogP contribution in [0.3, 0.4) is 0 Å². The second-order valence-electron chi connectivity index (χ2n) is 11.1. The molecule has 0 aromatic heterocycles. The van der Waals surface area contributed by atoms with Crippen molar-refractivity contribution in [1.29, 1.82) is 0 Å². The van der Waals surface area contributed by atoms with E-state index in [-0.39, 0.29) is 29.9 Å². The van der Waals surface area contributed by atoms with E-state index in [0.29, 0.717) is 0 Å². The molecule has 4 fully saturated rings. The van der Waals surface area contributed by atoms with Gasteiger partial charge in [-0.05, 0) is 63.7 Å². The van der Waals surface area contributed by atoms with Crippen molar-refractivity contribution in [1.82, 2.24) is 0 Å². The van der Waals surface area contributed by atoms with Crippen LogP contribution in [0.2, 0.25) is 0 Å². The summed E-state index contributed by atoms with van der Waals surface area (Å²) in [5.74, 6) is -3.87. The van der Waals surface area contributed by atoms with E-state index in [0.717, 1.165) is 6.08 Å². The first-order valence-corrected chi connectivity index (χ1v) is 11.7. The zero-order valence-electron chi connectivity index (χ0n) is 19.0. The van der Waals surface area contributed by atoms with E-state index in [1.807, 2.05) is 0 Å². The van der Waals surface area contributed by atoms with Gasteiger partial charge in [0.05, 0.1) is 17.2 Å². The molecule has 9 unspecified atom stereocenters. The lowest BCUT2D eigenvalue weighted by molar-refractivity contribution is -0.248. The van der Waals surface area contributed by atoms with Crippen LogP contribution in [0.4, 0.5) is 8.78 Å². The summed E-state index contributed by atoms with van der Waals surface area (Å²) >= 11 is 6.08. The Balaban J connectivity index is 1.67. The van der Waals surface area contributed by atoms with E-state index in [9.17, 15) is 19.8 Å². The summed E-state index contributed by atoms with van der Waals surface area (Å²) < 4.78 is 45.0. The Kier molecular flexibility index (Phi) is 4.80. The molecule has 6 nitrogen and oxygen atoms in total. The molecule has 0 amide bonds. The summed E-state index contributed by atoms with van der Waals surface area (Å²) in [5, 5.41) is 21.0. The third-order valence-electron chi connectivity index (χ3n) is 9.24. The second kappa shape index (κ2) is 6.72. The molecule has 0 radical (unpaired) electrons. The van der Waals surface area contributed by atoms with Crippen LogP contribution in [0.1, 0.15) is 47.0 Å². The lowest BCUT2D eigenvalue weighted by Crippen LogP contribution is -2.71. The molecule has 0 bridgehead atoms. The Hall–Kier alpha value is -1.19. The molecule has 1 saturated heterocycles. The first kappa shape index (κ1) is 23.5. The summed E-state index contributed by atoms with van der Waals surface area (Å²) in [7, 11) is 0. The number of halogens is 3. The number of allylic oxidation sites excluding steroid dienone is 4. The maximum Gasteiger partial charge on any atom is 0.196 e. The maximum absolute atomic E-state index is 17.3. The van der Waals surface area contributed by atoms with E-state index < -0.39 is 76.3 Å². The Morgan fingerprint density at radius 3 is 2.55 bits per heavy atom. The lowest BCUT2D eigenvalue weighted by atomic mass is 9.44. The van der Waals surface area contributed by atoms with Crippen molar-refractivity contribution in [3.8, 4) is 0 Å². The highest BCUT2D eigenvalue weighted by Crippen LogP contribution is 2.72. The fraction of sp³-hybridized carbons (Fsp3) is 0.750. The van der Waals surface area contributed by atoms with Gasteiger partial charge in [0.2, 0.25) is 0 Å². The number of ketones is 2. The Labute approximate surface area is 195 Å². The molecule has 3 saturated carbocycles. The SMILES string of the molecule is CC1(C)OC2CC3C4CC(F)C5=CC(=O)C(Cl)=CC5(C)C4(F)C(O)CC3(C)C2(C(=O)CO)O1. The lowest BCUT2D eigenvalue weighted by Gasteiger charge is -2.63. The van der Waals surface area contributed by atoms with E-state index in [1.165, 1.54) is 13.0 Å². The van der Waals surface area contributed by atoms with Crippen LogP contribution in [0.25, 0.3) is 0 Å². The smallest absolute Gasteiger partial charge is 0.196 e. The Morgan fingerprint density at radius 2 is 1.91 bits per heavy atom. The minimum atomic E-state index is -2.33. The molecule has 33 heavy (non-hydrogen) atoms. The van der Waals surface area contributed by atoms with Crippen LogP contribution < -0.4 is 0 Å². The molecular weight excluding hydrogens is 458 g/mol. The number of carbonyl (C=O) groups is 2. The number of hydrogen-bond acceptors (Lipinski definition) is 6. The van der Waals surface area contributed by atoms with Crippen LogP contribution in [-0.2, 0) is 19.1 Å². The number of aliphatic hydroxyl groups excluding tert-OH is 2. The number of alkyl halides is 2. The third kappa shape index (κ3) is 2.57. The summed E-state index contributed by atoms with van der Waals surface area (Å²) in [6.07, 6.45) is -1.91. The van der Waals surface area contributed by atoms with Gasteiger partial charge in [0.25, 0.3) is 0 Å². The number of ether oxygens (including phenoxy) is 2. The van der Waals surface area contributed by atoms with Crippen LogP contribution in [0, 0.1) is 22.7 Å². The molecule has 5 aliphatic rings. The van der Waals surface area contributed by atoms with Crippen molar-refractivity contribution in [2.24, 2.45) is 22.7 Å². The van der Waals surface area contributed by atoms with Crippen LogP contribution in [0.15, 0.2) is 22.8 Å². The molecule has 0 aromatic rings. The van der Waals surface area contributed by atoms with E-state index in [4.69, 9.17) is 21.1 Å². The largest absolute Gasteiger partial charge is 0.390 e. The average molecular weight is 487 g/mol. The van der Waals surface area contributed by atoms with Crippen molar-refractivity contribution in [3.63, 3.8) is 0 Å². The molecule has 5 rings (SSSR count). The predicted octanol–water partition coefficient (Wildman–Crippen LogP) is 2.93. The zero-order chi connectivity index (χ0) is 24.4. The summed E-state index contributed by atoms with van der Waals surface area (Å²) in [6, 6.07) is 0. The quantitative estimate of drug-likeness (QED) is 0.623. The van der Waals surface area contributed by atoms with Gasteiger partial charge in [-0.25, -0.2) is 8.78 Å². The van der Waals surface area contributed by atoms with Gasteiger partial charge in [-0.15, -0.1) is 0 Å². The number of fused-ring (bicyclic) bond motifs is 7. The van der Waals surface area contributed by atoms with Gasteiger partial charge in [-0.2, -0.15) is 0 Å². The molecule has 1 heterocycles. The highest BCUT2D eigenvalue weighted by molar-refractivity contribution is 6.44. The Bertz CT molecular complexity index is 1010. The van der Waals surface area contributed by atoms with E-state index >= 15 is 8.78 Å². The van der Waals surface area contributed by atoms with Crippen LogP contribution in [0.5, 0.6) is 0 Å². The highest BCUT2D eigenvalue weighted by atomic mass is 35.5. The topological polar surface area (TPSA) is 93.1 Å². The van der Waals surface area contributed by atoms with Gasteiger partial charge in [-0.3, -0.25) is 9.59 Å². The molecule has 0 spiro atoms. The molecule has 0 aromatic carbocycles. The van der Waals surface area contributed by atoms with Crippen LogP contribution >= 0.6 is 11.6 Å². The first-order chi connectivity index (χ1) is 15.2. The standard InChI is InChI=1S/C24H29ClF2O6/c1-20(2)32-19-7-11-12-5-15(26)13-6-16(29)14(25)8-21(13,3)23(12,27)17(30)9-22(11,4)24(19,33-20)18(31)10-28/h6,8,11-12,15,17,19,28,30H,5,7,9-10H2,1-4H3. The number of rotatable bonds is 2. The normalized spacial score (nSPS) is 52.3. The van der Waals surface area contributed by atoms with Crippen molar-refractivity contribution in [2.75, 3.05) is 6.61 Å². The Morgan fingerprint density at radius 1 is 1.24 bits per heavy atom. The monoisotopic (exact) mass is 486 g/mol. The van der Waals surface area contributed by atoms with Gasteiger partial charge in [0.15, 0.2) is 28.6 Å². The number of Topliss-reactive ketones (excluding diaryl/α,β-unsaturated/α-hetero) is 1. The first-order valence-electron chi connectivity index (χ1n) is 11.4. The van der Waals surface area contributed by atoms with Crippen molar-refractivity contribution < 1.29 is 38.1 Å². The maximum atomic E-state index is 17.3. The van der Waals surface area contributed by atoms with E-state index in [2.05, 4.69) is 0 Å². The van der Waals surface area contributed by atoms with Gasteiger partial charge >= 0.3 is 0 Å². The third-order valence-corrected chi connectivity index (χ3v) is 9.53. The minimum absolute atomic E-state index is 0.0220. The summed E-state index contributed by atoms with van der Waals surface area (Å²) in [6.45, 7) is 5.75. The van der Waals surface area contributed by atoms with Gasteiger partial charge in [-0.1, -0.05) is 18.5 Å². The fourth-order valence-corrected chi connectivity index (χ4v) is 8.25. The molecule has 9 atom stereocenters. The van der Waals surface area contributed by atoms with Crippen molar-refractivity contribution in [2.45, 2.75) is 82.4 Å². The van der Waals surface area contributed by atoms with Crippen LogP contribution in [-0.4, -0.2) is 63.8 Å². The molecule has 9 heteroatoms. The minimum Gasteiger partial charge on any atom is -0.390 e. The predicted molar refractivity (Wildman–Crippen MR) is 114 cm³/mol. The average Bonchev–Trinajstić information content (AvgIpc) is 3.12. The van der Waals surface area contributed by atoms with E-state index in [1.54, 1.807) is 20.8 Å². The summed E-state index contributed by atoms with van der Waals surface area (Å²) in [4.78, 5) is 25.3. The number of carbonyl (C=O) groups excluding carboxylic acids is 2. The molecular formula is C24H29ClF2O6. The number of aliphatic hydroxyl groups is 2. The van der Waals surface area contributed by atoms with Gasteiger partial charge in [0, 0.05) is 16.7 Å². The molecule has 2 N–H and O–H groups in total. The molecule has 1 aliphatic heterocycles. The summed E-state index contributed by atoms with van der Waals surface area (Å²) in [5.41, 5.74) is -6.68. The fourth-order valence-electron chi connectivity index (χ4n) is 7.97. The van der Waals surface area contributed by atoms with Gasteiger partial charge in [0.1, 0.15) is 12.8 Å². The van der Waals surface area contributed by atoms with Crippen molar-refractivity contribution in [3.05, 3.63) is 22.8 Å². The zero-order valence-corrected chi connectivity index (χ0v) is 19.8. The van der Waals surface area contributed by atoms with Gasteiger partial charge < -0.3 is 19.7 Å². The molecule has 182 valence electrons. The van der Waals surface area contributed by atoms with Crippen molar-refractivity contribution >= 4 is 23.2 Å². The number of hydrogen-bond donors (Lipinski definition) is 2. The second-order valence-corrected chi connectivity index (χ2v) is 11.5. The highest BCUT2D eigenvalue weighted by Gasteiger charge is 2.80.